The molecule has 3 rings (SSSR count). The van der Waals surface area contributed by atoms with Crippen LogP contribution in [0.4, 0.5) is 0 Å². The highest BCUT2D eigenvalue weighted by Crippen LogP contribution is 2.33. The number of nitrogens with one attached hydrogen (secondary N) is 1. The molecular formula is C73H127NO18. The summed E-state index contributed by atoms with van der Waals surface area (Å²) >= 11 is 0. The molecular weight excluding hydrogens is 1180 g/mol. The highest BCUT2D eigenvalue weighted by Gasteiger charge is 2.53. The second-order valence-electron chi connectivity index (χ2n) is 25.3. The van der Waals surface area contributed by atoms with E-state index < -0.39 is 124 Å². The number of hydrogen-bond donors (Lipinski definition) is 12. The largest absolute Gasteiger partial charge is 0.394 e. The Balaban J connectivity index is 1.29. The highest BCUT2D eigenvalue weighted by atomic mass is 16.8. The average molecular weight is 1310 g/mol. The van der Waals surface area contributed by atoms with Gasteiger partial charge < -0.3 is 89.9 Å². The van der Waals surface area contributed by atoms with Gasteiger partial charge in [0.15, 0.2) is 18.9 Å². The summed E-state index contributed by atoms with van der Waals surface area (Å²) < 4.78 is 34.2. The van der Waals surface area contributed by atoms with Gasteiger partial charge in [0.05, 0.1) is 38.6 Å². The van der Waals surface area contributed by atoms with Gasteiger partial charge in [-0.15, -0.1) is 0 Å². The first kappa shape index (κ1) is 83.2. The topological polar surface area (TPSA) is 307 Å². The van der Waals surface area contributed by atoms with Crippen molar-refractivity contribution in [3.8, 4) is 0 Å². The first-order chi connectivity index (χ1) is 44.8. The number of rotatable bonds is 54. The molecule has 0 aromatic rings. The molecule has 19 heteroatoms. The molecule has 12 N–H and O–H groups in total. The quantitative estimate of drug-likeness (QED) is 0.0199. The molecule has 0 aromatic carbocycles. The summed E-state index contributed by atoms with van der Waals surface area (Å²) in [6.07, 6.45) is 43.4. The lowest BCUT2D eigenvalue weighted by atomic mass is 9.96. The molecule has 17 unspecified atom stereocenters. The van der Waals surface area contributed by atoms with E-state index in [4.69, 9.17) is 28.4 Å². The molecule has 0 radical (unpaired) electrons. The Morgan fingerprint density at radius 3 is 1.17 bits per heavy atom. The maximum Gasteiger partial charge on any atom is 0.220 e. The minimum atomic E-state index is -1.98. The van der Waals surface area contributed by atoms with E-state index in [2.05, 4.69) is 92.1 Å². The Labute approximate surface area is 552 Å². The Kier molecular flexibility index (Phi) is 48.9. The Bertz CT molecular complexity index is 2000. The summed E-state index contributed by atoms with van der Waals surface area (Å²) in [6.45, 7) is 1.45. The van der Waals surface area contributed by atoms with Crippen molar-refractivity contribution in [2.45, 2.75) is 343 Å². The molecule has 3 aliphatic heterocycles. The number of allylic oxidation sites excluding steroid dienone is 13. The molecule has 3 heterocycles. The summed E-state index contributed by atoms with van der Waals surface area (Å²) in [7, 11) is 0. The third-order valence-electron chi connectivity index (χ3n) is 17.4. The number of ether oxygens (including phenoxy) is 6. The van der Waals surface area contributed by atoms with E-state index in [1.54, 1.807) is 6.08 Å². The SMILES string of the molecule is CC/C=C\C/C=C\C/C=C\C/C=C\CCCCCCCCCCCCCCCCCCCCCCCCCCC(=O)NC(COC1OC(CO)C(OC2OC(CO)C(OC3OC(CO)C(O)C(O)C3O)C(O)C2O)C(O)C1O)C(O)/C=C/CC/C=C/CC/C=C/CC. The molecule has 19 nitrogen and oxygen atoms in total. The lowest BCUT2D eigenvalue weighted by Crippen LogP contribution is -2.66. The molecule has 532 valence electrons. The van der Waals surface area contributed by atoms with Crippen molar-refractivity contribution in [1.82, 2.24) is 5.32 Å². The van der Waals surface area contributed by atoms with Crippen LogP contribution in [0.3, 0.4) is 0 Å². The molecule has 0 bridgehead atoms. The number of unbranched alkanes of at least 4 members (excludes halogenated alkanes) is 26. The fraction of sp³-hybridized carbons (Fsp3) is 0.795. The Morgan fingerprint density at radius 2 is 0.728 bits per heavy atom. The average Bonchev–Trinajstić information content (AvgIpc) is 0.799. The third-order valence-corrected chi connectivity index (χ3v) is 17.4. The van der Waals surface area contributed by atoms with Crippen LogP contribution in [0.25, 0.3) is 0 Å². The summed E-state index contributed by atoms with van der Waals surface area (Å²) in [4.78, 5) is 13.4. The fourth-order valence-corrected chi connectivity index (χ4v) is 11.7. The van der Waals surface area contributed by atoms with Crippen LogP contribution in [-0.4, -0.2) is 193 Å². The molecule has 3 aliphatic rings. The van der Waals surface area contributed by atoms with Crippen LogP contribution in [-0.2, 0) is 33.2 Å². The van der Waals surface area contributed by atoms with E-state index in [9.17, 15) is 61.0 Å². The van der Waals surface area contributed by atoms with Crippen molar-refractivity contribution in [2.24, 2.45) is 0 Å². The first-order valence-corrected chi connectivity index (χ1v) is 35.8. The lowest BCUT2D eigenvalue weighted by molar-refractivity contribution is -0.379. The monoisotopic (exact) mass is 1310 g/mol. The minimum Gasteiger partial charge on any atom is -0.394 e. The van der Waals surface area contributed by atoms with Crippen LogP contribution in [0.2, 0.25) is 0 Å². The maximum atomic E-state index is 13.4. The van der Waals surface area contributed by atoms with Crippen molar-refractivity contribution in [1.29, 1.82) is 0 Å². The minimum absolute atomic E-state index is 0.231. The smallest absolute Gasteiger partial charge is 0.220 e. The van der Waals surface area contributed by atoms with Gasteiger partial charge in [-0.2, -0.15) is 0 Å². The van der Waals surface area contributed by atoms with Gasteiger partial charge in [0.1, 0.15) is 73.2 Å². The van der Waals surface area contributed by atoms with Crippen LogP contribution in [0.5, 0.6) is 0 Å². The fourth-order valence-electron chi connectivity index (χ4n) is 11.7. The van der Waals surface area contributed by atoms with E-state index in [1.807, 2.05) is 6.08 Å². The summed E-state index contributed by atoms with van der Waals surface area (Å²) in [5, 5.41) is 120. The zero-order valence-electron chi connectivity index (χ0n) is 56.3. The van der Waals surface area contributed by atoms with Crippen LogP contribution >= 0.6 is 0 Å². The molecule has 0 saturated carbocycles. The van der Waals surface area contributed by atoms with Crippen LogP contribution in [0, 0.1) is 0 Å². The number of carbonyl (C=O) groups excluding carboxylic acids is 1. The van der Waals surface area contributed by atoms with Gasteiger partial charge in [0.2, 0.25) is 5.91 Å². The predicted molar refractivity (Wildman–Crippen MR) is 360 cm³/mol. The van der Waals surface area contributed by atoms with Crippen molar-refractivity contribution >= 4 is 5.91 Å². The molecule has 17 atom stereocenters. The second-order valence-corrected chi connectivity index (χ2v) is 25.3. The summed E-state index contributed by atoms with van der Waals surface area (Å²) in [5.74, 6) is -0.291. The van der Waals surface area contributed by atoms with Gasteiger partial charge in [0, 0.05) is 6.42 Å². The Morgan fingerprint density at radius 1 is 0.391 bits per heavy atom. The molecule has 1 amide bonds. The van der Waals surface area contributed by atoms with E-state index in [-0.39, 0.29) is 18.9 Å². The van der Waals surface area contributed by atoms with E-state index in [1.165, 1.54) is 135 Å². The number of hydrogen-bond acceptors (Lipinski definition) is 18. The van der Waals surface area contributed by atoms with Crippen molar-refractivity contribution in [3.05, 3.63) is 85.1 Å². The number of aliphatic hydroxyl groups excluding tert-OH is 11. The van der Waals surface area contributed by atoms with E-state index >= 15 is 0 Å². The van der Waals surface area contributed by atoms with Gasteiger partial charge in [-0.1, -0.05) is 240 Å². The van der Waals surface area contributed by atoms with Gasteiger partial charge in [-0.25, -0.2) is 0 Å². The van der Waals surface area contributed by atoms with E-state index in [0.29, 0.717) is 12.8 Å². The Hall–Kier alpha value is -3.03. The molecule has 3 saturated heterocycles. The molecule has 3 fully saturated rings. The van der Waals surface area contributed by atoms with Crippen molar-refractivity contribution in [3.63, 3.8) is 0 Å². The van der Waals surface area contributed by atoms with E-state index in [0.717, 1.165) is 70.6 Å². The van der Waals surface area contributed by atoms with Crippen LogP contribution < -0.4 is 5.32 Å². The predicted octanol–water partition coefficient (Wildman–Crippen LogP) is 9.88. The third kappa shape index (κ3) is 35.3. The van der Waals surface area contributed by atoms with Gasteiger partial charge in [-0.05, 0) is 77.0 Å². The zero-order chi connectivity index (χ0) is 66.8. The summed E-state index contributed by atoms with van der Waals surface area (Å²) in [5.41, 5.74) is 0. The summed E-state index contributed by atoms with van der Waals surface area (Å²) in [6, 6.07) is -0.996. The first-order valence-electron chi connectivity index (χ1n) is 35.8. The van der Waals surface area contributed by atoms with Crippen molar-refractivity contribution < 1.29 is 89.4 Å². The molecule has 0 spiro atoms. The van der Waals surface area contributed by atoms with Gasteiger partial charge >= 0.3 is 0 Å². The number of amides is 1. The maximum absolute atomic E-state index is 13.4. The number of aliphatic hydroxyl groups is 11. The van der Waals surface area contributed by atoms with Gasteiger partial charge in [0.25, 0.3) is 0 Å². The number of carbonyl (C=O) groups is 1. The molecule has 0 aliphatic carbocycles. The zero-order valence-corrected chi connectivity index (χ0v) is 56.3. The molecule has 92 heavy (non-hydrogen) atoms. The molecule has 0 aromatic heterocycles. The van der Waals surface area contributed by atoms with Crippen LogP contribution in [0.1, 0.15) is 239 Å². The normalized spacial score (nSPS) is 28.2. The van der Waals surface area contributed by atoms with Gasteiger partial charge in [-0.3, -0.25) is 4.79 Å². The highest BCUT2D eigenvalue weighted by molar-refractivity contribution is 5.76. The van der Waals surface area contributed by atoms with Crippen molar-refractivity contribution in [2.75, 3.05) is 26.4 Å². The standard InChI is InChI=1S/C73H127NO18/c1-3-5-7-9-11-13-15-16-17-18-19-20-21-22-23-24-25-26-27-28-29-30-31-32-33-34-35-36-37-38-39-40-41-43-45-47-49-51-61(79)74-56(57(78)50-48-46-44-42-14-12-10-8-6-4-2)55-87-71-67(85)64(82)69(59(53-76)89-71)92-73-68(86)65(83)70(60(54-77)90-73)91-72-66(84)63(81)62(80)58(52-75)88-72/h5-8,11,13-14,16-17,19-20,42,48,50,56-60,62-73,75-78,80-86H,3-4,9-10,12,15,18,21-41,43-47,49,51-55H2,1-2H3,(H,74,79)/b7-5-,8-6+,13-11-,17-16-,20-19-,42-14+,50-48+. The second kappa shape index (κ2) is 54.0. The lowest BCUT2D eigenvalue weighted by Gasteiger charge is -2.48. The van der Waals surface area contributed by atoms with Crippen LogP contribution in [0.15, 0.2) is 85.1 Å².